The Balaban J connectivity index is 1.65. The van der Waals surface area contributed by atoms with E-state index in [1.807, 2.05) is 4.90 Å². The summed E-state index contributed by atoms with van der Waals surface area (Å²) in [6, 6.07) is 4.86. The topological polar surface area (TPSA) is 65.1 Å². The van der Waals surface area contributed by atoms with Crippen LogP contribution < -0.4 is 15.1 Å². The number of halogens is 1. The van der Waals surface area contributed by atoms with E-state index < -0.39 is 12.2 Å². The normalized spacial score (nSPS) is 21.0. The molecule has 1 aromatic carbocycles. The average molecular weight is 392 g/mol. The summed E-state index contributed by atoms with van der Waals surface area (Å²) in [5.41, 5.74) is 1.13. The number of ether oxygens (including phenoxy) is 1. The number of piperazine rings is 1. The second kappa shape index (κ2) is 7.95. The minimum absolute atomic E-state index is 0.110. The van der Waals surface area contributed by atoms with Crippen molar-refractivity contribution in [3.8, 4) is 0 Å². The lowest BCUT2D eigenvalue weighted by molar-refractivity contribution is -0.119. The number of anilines is 2. The summed E-state index contributed by atoms with van der Waals surface area (Å²) in [7, 11) is 0. The van der Waals surface area contributed by atoms with Gasteiger partial charge in [0.25, 0.3) is 0 Å². The van der Waals surface area contributed by atoms with Crippen LogP contribution in [-0.2, 0) is 9.53 Å². The molecule has 2 fully saturated rings. The van der Waals surface area contributed by atoms with E-state index in [1.165, 1.54) is 17.9 Å². The van der Waals surface area contributed by atoms with Gasteiger partial charge in [0.1, 0.15) is 11.9 Å². The maximum Gasteiger partial charge on any atom is 0.414 e. The van der Waals surface area contributed by atoms with Gasteiger partial charge >= 0.3 is 6.09 Å². The number of nitrogens with one attached hydrogen (secondary N) is 1. The second-order valence-corrected chi connectivity index (χ2v) is 8.33. The van der Waals surface area contributed by atoms with Crippen LogP contribution in [0.15, 0.2) is 18.2 Å². The Hall–Kier alpha value is -2.35. The molecule has 7 nitrogen and oxygen atoms in total. The number of hydrogen-bond acceptors (Lipinski definition) is 5. The summed E-state index contributed by atoms with van der Waals surface area (Å²) in [5, 5.41) is 2.63. The number of rotatable bonds is 4. The van der Waals surface area contributed by atoms with Gasteiger partial charge in [-0.1, -0.05) is 0 Å². The van der Waals surface area contributed by atoms with Gasteiger partial charge in [-0.05, 0) is 39.0 Å². The molecule has 0 spiro atoms. The number of carbonyl (C=O) groups is 2. The molecule has 0 saturated carbocycles. The van der Waals surface area contributed by atoms with E-state index in [-0.39, 0.29) is 30.4 Å². The first kappa shape index (κ1) is 20.4. The fraction of sp³-hybridized carbons (Fsp3) is 0.600. The van der Waals surface area contributed by atoms with Crippen LogP contribution in [0, 0.1) is 5.82 Å². The number of cyclic esters (lactones) is 1. The molecular formula is C20H29FN4O3. The zero-order chi connectivity index (χ0) is 20.5. The first-order valence-corrected chi connectivity index (χ1v) is 9.67. The molecule has 8 heteroatoms. The van der Waals surface area contributed by atoms with Gasteiger partial charge in [-0.15, -0.1) is 0 Å². The zero-order valence-corrected chi connectivity index (χ0v) is 17.0. The van der Waals surface area contributed by atoms with Crippen molar-refractivity contribution in [2.75, 3.05) is 49.1 Å². The Labute approximate surface area is 165 Å². The van der Waals surface area contributed by atoms with E-state index in [2.05, 4.69) is 31.0 Å². The Morgan fingerprint density at radius 1 is 1.25 bits per heavy atom. The Kier molecular flexibility index (Phi) is 5.79. The van der Waals surface area contributed by atoms with Gasteiger partial charge in [0, 0.05) is 38.6 Å². The van der Waals surface area contributed by atoms with Crippen molar-refractivity contribution in [3.63, 3.8) is 0 Å². The summed E-state index contributed by atoms with van der Waals surface area (Å²) < 4.78 is 20.0. The van der Waals surface area contributed by atoms with Crippen LogP contribution in [0.1, 0.15) is 27.7 Å². The first-order valence-electron chi connectivity index (χ1n) is 9.67. The van der Waals surface area contributed by atoms with E-state index in [0.29, 0.717) is 11.4 Å². The fourth-order valence-electron chi connectivity index (χ4n) is 3.63. The van der Waals surface area contributed by atoms with Crippen LogP contribution >= 0.6 is 0 Å². The maximum absolute atomic E-state index is 14.8. The minimum Gasteiger partial charge on any atom is -0.442 e. The predicted molar refractivity (Wildman–Crippen MR) is 106 cm³/mol. The molecule has 154 valence electrons. The Morgan fingerprint density at radius 2 is 1.93 bits per heavy atom. The number of amides is 2. The van der Waals surface area contributed by atoms with Gasteiger partial charge in [-0.25, -0.2) is 9.18 Å². The molecule has 2 aliphatic rings. The van der Waals surface area contributed by atoms with Crippen molar-refractivity contribution >= 4 is 23.4 Å². The molecule has 1 atom stereocenters. The highest BCUT2D eigenvalue weighted by molar-refractivity contribution is 5.90. The molecule has 0 bridgehead atoms. The molecule has 1 aromatic rings. The molecule has 0 unspecified atom stereocenters. The maximum atomic E-state index is 14.8. The molecule has 2 amide bonds. The lowest BCUT2D eigenvalue weighted by Crippen LogP contribution is -2.53. The molecule has 1 N–H and O–H groups in total. The monoisotopic (exact) mass is 392 g/mol. The molecule has 3 rings (SSSR count). The van der Waals surface area contributed by atoms with Crippen molar-refractivity contribution < 1.29 is 18.7 Å². The van der Waals surface area contributed by atoms with Gasteiger partial charge in [-0.3, -0.25) is 14.6 Å². The molecular weight excluding hydrogens is 363 g/mol. The summed E-state index contributed by atoms with van der Waals surface area (Å²) in [6.07, 6.45) is -0.967. The van der Waals surface area contributed by atoms with E-state index in [4.69, 9.17) is 4.74 Å². The molecule has 2 saturated heterocycles. The van der Waals surface area contributed by atoms with Gasteiger partial charge < -0.3 is 15.0 Å². The van der Waals surface area contributed by atoms with Gasteiger partial charge in [0.2, 0.25) is 5.91 Å². The van der Waals surface area contributed by atoms with Gasteiger partial charge in [-0.2, -0.15) is 0 Å². The highest BCUT2D eigenvalue weighted by Gasteiger charge is 2.33. The summed E-state index contributed by atoms with van der Waals surface area (Å²) in [6.45, 7) is 11.8. The van der Waals surface area contributed by atoms with Crippen LogP contribution in [0.4, 0.5) is 20.6 Å². The lowest BCUT2D eigenvalue weighted by Gasteiger charge is -2.43. The average Bonchev–Trinajstić information content (AvgIpc) is 3.00. The van der Waals surface area contributed by atoms with Crippen LogP contribution in [0.25, 0.3) is 0 Å². The fourth-order valence-corrected chi connectivity index (χ4v) is 3.63. The molecule has 0 aliphatic carbocycles. The van der Waals surface area contributed by atoms with E-state index in [1.54, 1.807) is 12.1 Å². The quantitative estimate of drug-likeness (QED) is 0.851. The number of carbonyl (C=O) groups excluding carboxylic acids is 2. The van der Waals surface area contributed by atoms with Crippen LogP contribution in [0.5, 0.6) is 0 Å². The number of hydrogen-bond donors (Lipinski definition) is 1. The van der Waals surface area contributed by atoms with Crippen molar-refractivity contribution in [2.45, 2.75) is 39.3 Å². The van der Waals surface area contributed by atoms with Crippen molar-refractivity contribution in [2.24, 2.45) is 0 Å². The number of benzene rings is 1. The van der Waals surface area contributed by atoms with Crippen molar-refractivity contribution in [3.05, 3.63) is 24.0 Å². The highest BCUT2D eigenvalue weighted by atomic mass is 19.1. The van der Waals surface area contributed by atoms with E-state index >= 15 is 0 Å². The molecule has 0 radical (unpaired) electrons. The van der Waals surface area contributed by atoms with Gasteiger partial charge in [0.05, 0.1) is 24.5 Å². The van der Waals surface area contributed by atoms with Crippen LogP contribution in [-0.4, -0.2) is 67.8 Å². The molecule has 28 heavy (non-hydrogen) atoms. The van der Waals surface area contributed by atoms with E-state index in [0.717, 1.165) is 26.2 Å². The second-order valence-electron chi connectivity index (χ2n) is 8.33. The smallest absolute Gasteiger partial charge is 0.414 e. The Bertz CT molecular complexity index is 741. The predicted octanol–water partition coefficient (Wildman–Crippen LogP) is 2.21. The van der Waals surface area contributed by atoms with Crippen LogP contribution in [0.3, 0.4) is 0 Å². The molecule has 2 aliphatic heterocycles. The molecule has 2 heterocycles. The van der Waals surface area contributed by atoms with Gasteiger partial charge in [0.15, 0.2) is 0 Å². The molecule has 0 aromatic heterocycles. The third kappa shape index (κ3) is 4.55. The standard InChI is InChI=1S/C20H29FN4O3/c1-14(26)22-12-16-13-25(19(27)28-16)15-5-6-18(17(21)11-15)23-7-9-24(10-8-23)20(2,3)4/h5-6,11,16H,7-10,12-13H2,1-4H3,(H,22,26)/t16-/m0/s1. The van der Waals surface area contributed by atoms with Crippen molar-refractivity contribution in [1.29, 1.82) is 0 Å². The minimum atomic E-state index is -0.527. The Morgan fingerprint density at radius 3 is 2.50 bits per heavy atom. The zero-order valence-electron chi connectivity index (χ0n) is 17.0. The SMILES string of the molecule is CC(=O)NC[C@H]1CN(c2ccc(N3CCN(C(C)(C)C)CC3)c(F)c2)C(=O)O1. The first-order chi connectivity index (χ1) is 13.1. The van der Waals surface area contributed by atoms with Crippen LogP contribution in [0.2, 0.25) is 0 Å². The van der Waals surface area contributed by atoms with Crippen molar-refractivity contribution in [1.82, 2.24) is 10.2 Å². The summed E-state index contributed by atoms with van der Waals surface area (Å²) in [5.74, 6) is -0.531. The summed E-state index contributed by atoms with van der Waals surface area (Å²) in [4.78, 5) is 29.0. The largest absolute Gasteiger partial charge is 0.442 e. The lowest BCUT2D eigenvalue weighted by atomic mass is 10.0. The summed E-state index contributed by atoms with van der Waals surface area (Å²) >= 11 is 0. The number of nitrogens with zero attached hydrogens (tertiary/aromatic N) is 3. The van der Waals surface area contributed by atoms with E-state index in [9.17, 15) is 14.0 Å². The third-order valence-electron chi connectivity index (χ3n) is 5.26. The third-order valence-corrected chi connectivity index (χ3v) is 5.26. The highest BCUT2D eigenvalue weighted by Crippen LogP contribution is 2.29.